The van der Waals surface area contributed by atoms with Gasteiger partial charge in [-0.25, -0.2) is 0 Å². The van der Waals surface area contributed by atoms with Gasteiger partial charge in [0.15, 0.2) is 0 Å². The molecule has 0 aliphatic rings. The van der Waals surface area contributed by atoms with E-state index in [0.29, 0.717) is 26.4 Å². The lowest BCUT2D eigenvalue weighted by Crippen LogP contribution is -2.10. The fourth-order valence-corrected chi connectivity index (χ4v) is 1.54. The minimum atomic E-state index is 0.575. The van der Waals surface area contributed by atoms with Crippen molar-refractivity contribution < 1.29 is 14.2 Å². The minimum absolute atomic E-state index is 0.575. The summed E-state index contributed by atoms with van der Waals surface area (Å²) in [6, 6.07) is 4.13. The van der Waals surface area contributed by atoms with Crippen LogP contribution in [0, 0.1) is 20.8 Å². The largest absolute Gasteiger partial charge is 0.491 e. The summed E-state index contributed by atoms with van der Waals surface area (Å²) in [5.74, 6) is 0.918. The van der Waals surface area contributed by atoms with Gasteiger partial charge in [0.2, 0.25) is 0 Å². The molecule has 0 aromatic heterocycles. The SMILES string of the molecule is COCCOCCOc1cc(C)c(C)c(C)c1. The summed E-state index contributed by atoms with van der Waals surface area (Å²) in [6.45, 7) is 8.74. The van der Waals surface area contributed by atoms with Gasteiger partial charge < -0.3 is 14.2 Å². The van der Waals surface area contributed by atoms with Gasteiger partial charge >= 0.3 is 0 Å². The molecule has 1 aromatic carbocycles. The lowest BCUT2D eigenvalue weighted by Gasteiger charge is -2.11. The minimum Gasteiger partial charge on any atom is -0.491 e. The van der Waals surface area contributed by atoms with Crippen LogP contribution < -0.4 is 4.74 Å². The summed E-state index contributed by atoms with van der Waals surface area (Å²) in [5.41, 5.74) is 3.86. The van der Waals surface area contributed by atoms with Crippen LogP contribution in [0.4, 0.5) is 0 Å². The molecule has 0 aliphatic heterocycles. The molecular formula is C14H22O3. The number of methoxy groups -OCH3 is 1. The van der Waals surface area contributed by atoms with Crippen molar-refractivity contribution in [3.63, 3.8) is 0 Å². The summed E-state index contributed by atoms with van der Waals surface area (Å²) in [6.07, 6.45) is 0. The van der Waals surface area contributed by atoms with Crippen LogP contribution in [-0.4, -0.2) is 33.5 Å². The van der Waals surface area contributed by atoms with Crippen LogP contribution in [0.1, 0.15) is 16.7 Å². The highest BCUT2D eigenvalue weighted by atomic mass is 16.5. The molecule has 0 heterocycles. The first-order valence-corrected chi connectivity index (χ1v) is 5.92. The highest BCUT2D eigenvalue weighted by molar-refractivity contribution is 5.40. The third-order valence-corrected chi connectivity index (χ3v) is 2.83. The fraction of sp³-hybridized carbons (Fsp3) is 0.571. The first-order valence-electron chi connectivity index (χ1n) is 5.92. The summed E-state index contributed by atoms with van der Waals surface area (Å²) < 4.78 is 15.9. The molecule has 0 saturated carbocycles. The Labute approximate surface area is 104 Å². The third-order valence-electron chi connectivity index (χ3n) is 2.83. The van der Waals surface area contributed by atoms with Crippen molar-refractivity contribution in [3.8, 4) is 5.75 Å². The standard InChI is InChI=1S/C14H22O3/c1-11-9-14(10-12(2)13(11)3)17-8-7-16-6-5-15-4/h9-10H,5-8H2,1-4H3. The molecule has 17 heavy (non-hydrogen) atoms. The summed E-state index contributed by atoms with van der Waals surface area (Å²) in [5, 5.41) is 0. The maximum Gasteiger partial charge on any atom is 0.119 e. The number of benzene rings is 1. The molecule has 96 valence electrons. The number of hydrogen-bond acceptors (Lipinski definition) is 3. The van der Waals surface area contributed by atoms with Gasteiger partial charge in [0.25, 0.3) is 0 Å². The van der Waals surface area contributed by atoms with Crippen molar-refractivity contribution in [2.75, 3.05) is 33.5 Å². The number of ether oxygens (including phenoxy) is 3. The van der Waals surface area contributed by atoms with Gasteiger partial charge in [-0.2, -0.15) is 0 Å². The lowest BCUT2D eigenvalue weighted by molar-refractivity contribution is 0.0544. The lowest BCUT2D eigenvalue weighted by atomic mass is 10.0. The first-order chi connectivity index (χ1) is 8.15. The van der Waals surface area contributed by atoms with Crippen LogP contribution in [0.5, 0.6) is 5.75 Å². The summed E-state index contributed by atoms with van der Waals surface area (Å²) in [4.78, 5) is 0. The average molecular weight is 238 g/mol. The number of aryl methyl sites for hydroxylation is 2. The van der Waals surface area contributed by atoms with Gasteiger partial charge in [-0.3, -0.25) is 0 Å². The molecule has 0 radical (unpaired) electrons. The van der Waals surface area contributed by atoms with E-state index < -0.39 is 0 Å². The Morgan fingerprint density at radius 2 is 1.47 bits per heavy atom. The van der Waals surface area contributed by atoms with Gasteiger partial charge in [-0.15, -0.1) is 0 Å². The molecule has 0 fully saturated rings. The van der Waals surface area contributed by atoms with Crippen LogP contribution in [0.25, 0.3) is 0 Å². The molecular weight excluding hydrogens is 216 g/mol. The highest BCUT2D eigenvalue weighted by Gasteiger charge is 2.01. The first kappa shape index (κ1) is 14.0. The maximum atomic E-state index is 5.64. The predicted octanol–water partition coefficient (Wildman–Crippen LogP) is 2.65. The van der Waals surface area contributed by atoms with Crippen molar-refractivity contribution in [1.29, 1.82) is 0 Å². The van der Waals surface area contributed by atoms with E-state index in [1.165, 1.54) is 16.7 Å². The van der Waals surface area contributed by atoms with Crippen LogP contribution in [0.2, 0.25) is 0 Å². The zero-order valence-electron chi connectivity index (χ0n) is 11.2. The van der Waals surface area contributed by atoms with Crippen LogP contribution in [0.3, 0.4) is 0 Å². The van der Waals surface area contributed by atoms with Crippen LogP contribution in [-0.2, 0) is 9.47 Å². The Morgan fingerprint density at radius 1 is 0.882 bits per heavy atom. The molecule has 3 nitrogen and oxygen atoms in total. The number of hydrogen-bond donors (Lipinski definition) is 0. The monoisotopic (exact) mass is 238 g/mol. The number of rotatable bonds is 7. The smallest absolute Gasteiger partial charge is 0.119 e. The molecule has 0 saturated heterocycles. The zero-order valence-corrected chi connectivity index (χ0v) is 11.2. The van der Waals surface area contributed by atoms with Crippen molar-refractivity contribution in [1.82, 2.24) is 0 Å². The molecule has 0 N–H and O–H groups in total. The molecule has 1 rings (SSSR count). The summed E-state index contributed by atoms with van der Waals surface area (Å²) >= 11 is 0. The van der Waals surface area contributed by atoms with E-state index >= 15 is 0 Å². The van der Waals surface area contributed by atoms with Crippen molar-refractivity contribution in [2.45, 2.75) is 20.8 Å². The Hall–Kier alpha value is -1.06. The molecule has 0 atom stereocenters. The van der Waals surface area contributed by atoms with Crippen molar-refractivity contribution in [3.05, 3.63) is 28.8 Å². The van der Waals surface area contributed by atoms with E-state index in [9.17, 15) is 0 Å². The van der Waals surface area contributed by atoms with Gasteiger partial charge in [-0.05, 0) is 49.6 Å². The fourth-order valence-electron chi connectivity index (χ4n) is 1.54. The van der Waals surface area contributed by atoms with Crippen molar-refractivity contribution in [2.24, 2.45) is 0 Å². The maximum absolute atomic E-state index is 5.64. The van der Waals surface area contributed by atoms with E-state index in [-0.39, 0.29) is 0 Å². The average Bonchev–Trinajstić information content (AvgIpc) is 2.30. The van der Waals surface area contributed by atoms with Gasteiger partial charge in [0, 0.05) is 7.11 Å². The zero-order chi connectivity index (χ0) is 12.7. The topological polar surface area (TPSA) is 27.7 Å². The van der Waals surface area contributed by atoms with Gasteiger partial charge in [0.1, 0.15) is 12.4 Å². The molecule has 0 amide bonds. The molecule has 0 unspecified atom stereocenters. The van der Waals surface area contributed by atoms with Gasteiger partial charge in [-0.1, -0.05) is 0 Å². The Kier molecular flexibility index (Phi) is 6.01. The second kappa shape index (κ2) is 7.30. The van der Waals surface area contributed by atoms with Crippen LogP contribution >= 0.6 is 0 Å². The van der Waals surface area contributed by atoms with Crippen molar-refractivity contribution >= 4 is 0 Å². The predicted molar refractivity (Wildman–Crippen MR) is 68.8 cm³/mol. The molecule has 3 heteroatoms. The quantitative estimate of drug-likeness (QED) is 0.683. The Bertz CT molecular complexity index is 324. The van der Waals surface area contributed by atoms with E-state index in [0.717, 1.165) is 5.75 Å². The van der Waals surface area contributed by atoms with Gasteiger partial charge in [0.05, 0.1) is 19.8 Å². The molecule has 1 aromatic rings. The normalized spacial score (nSPS) is 10.6. The second-order valence-corrected chi connectivity index (χ2v) is 4.14. The van der Waals surface area contributed by atoms with E-state index in [4.69, 9.17) is 14.2 Å². The summed E-state index contributed by atoms with van der Waals surface area (Å²) in [7, 11) is 1.66. The van der Waals surface area contributed by atoms with E-state index in [2.05, 4.69) is 32.9 Å². The highest BCUT2D eigenvalue weighted by Crippen LogP contribution is 2.20. The van der Waals surface area contributed by atoms with E-state index in [1.54, 1.807) is 7.11 Å². The van der Waals surface area contributed by atoms with E-state index in [1.807, 2.05) is 0 Å². The molecule has 0 aliphatic carbocycles. The Balaban J connectivity index is 2.32. The molecule has 0 bridgehead atoms. The third kappa shape index (κ3) is 4.75. The van der Waals surface area contributed by atoms with Crippen LogP contribution in [0.15, 0.2) is 12.1 Å². The second-order valence-electron chi connectivity index (χ2n) is 4.14. The Morgan fingerprint density at radius 3 is 2.06 bits per heavy atom. The molecule has 0 spiro atoms.